The van der Waals surface area contributed by atoms with Crippen LogP contribution in [0.3, 0.4) is 0 Å². The Hall–Kier alpha value is -1.10. The molecule has 2 aliphatic rings. The van der Waals surface area contributed by atoms with Crippen molar-refractivity contribution >= 4 is 6.01 Å². The van der Waals surface area contributed by atoms with Crippen LogP contribution >= 0.6 is 0 Å². The fourth-order valence-electron chi connectivity index (χ4n) is 2.77. The molecule has 106 valence electrons. The quantitative estimate of drug-likeness (QED) is 0.793. The number of hydrogen-bond acceptors (Lipinski definition) is 5. The summed E-state index contributed by atoms with van der Waals surface area (Å²) in [6.07, 6.45) is 10.8. The van der Waals surface area contributed by atoms with Crippen LogP contribution in [0.15, 0.2) is 4.42 Å². The average molecular weight is 264 g/mol. The lowest BCUT2D eigenvalue weighted by atomic mass is 9.87. The van der Waals surface area contributed by atoms with Crippen LogP contribution in [0.2, 0.25) is 0 Å². The summed E-state index contributed by atoms with van der Waals surface area (Å²) < 4.78 is 5.56. The summed E-state index contributed by atoms with van der Waals surface area (Å²) in [7, 11) is 0. The fraction of sp³-hybridized carbons (Fsp3) is 0.857. The highest BCUT2D eigenvalue weighted by molar-refractivity contribution is 5.16. The zero-order valence-electron chi connectivity index (χ0n) is 11.5. The van der Waals surface area contributed by atoms with Crippen LogP contribution < -0.4 is 10.6 Å². The van der Waals surface area contributed by atoms with Crippen LogP contribution in [0.25, 0.3) is 0 Å². The number of aromatic nitrogens is 2. The predicted molar refractivity (Wildman–Crippen MR) is 73.8 cm³/mol. The third-order valence-electron chi connectivity index (χ3n) is 4.14. The third kappa shape index (κ3) is 4.20. The van der Waals surface area contributed by atoms with E-state index in [2.05, 4.69) is 20.8 Å². The Morgan fingerprint density at radius 3 is 2.68 bits per heavy atom. The molecule has 5 heteroatoms. The Morgan fingerprint density at radius 1 is 1.05 bits per heavy atom. The maximum absolute atomic E-state index is 5.56. The average Bonchev–Trinajstić information content (AvgIpc) is 3.17. The topological polar surface area (TPSA) is 63.0 Å². The zero-order valence-corrected chi connectivity index (χ0v) is 11.5. The second kappa shape index (κ2) is 6.37. The lowest BCUT2D eigenvalue weighted by Crippen LogP contribution is -2.15. The molecule has 1 aromatic heterocycles. The highest BCUT2D eigenvalue weighted by Gasteiger charge is 2.21. The van der Waals surface area contributed by atoms with Crippen molar-refractivity contribution in [2.24, 2.45) is 5.92 Å². The lowest BCUT2D eigenvalue weighted by Gasteiger charge is -2.21. The summed E-state index contributed by atoms with van der Waals surface area (Å²) >= 11 is 0. The SMILES string of the molecule is C1CCC(CCNc2nnc(CNC3CC3)o2)CC1. The van der Waals surface area contributed by atoms with Gasteiger partial charge in [0.1, 0.15) is 0 Å². The van der Waals surface area contributed by atoms with Crippen LogP contribution in [-0.2, 0) is 6.54 Å². The smallest absolute Gasteiger partial charge is 0.315 e. The van der Waals surface area contributed by atoms with Gasteiger partial charge < -0.3 is 15.1 Å². The summed E-state index contributed by atoms with van der Waals surface area (Å²) in [5.41, 5.74) is 0. The monoisotopic (exact) mass is 264 g/mol. The maximum Gasteiger partial charge on any atom is 0.315 e. The molecule has 0 radical (unpaired) electrons. The molecule has 2 fully saturated rings. The first-order valence-electron chi connectivity index (χ1n) is 7.70. The number of anilines is 1. The summed E-state index contributed by atoms with van der Waals surface area (Å²) in [6, 6.07) is 1.25. The van der Waals surface area contributed by atoms with Crippen LogP contribution in [0.1, 0.15) is 57.3 Å². The van der Waals surface area contributed by atoms with E-state index in [1.54, 1.807) is 0 Å². The van der Waals surface area contributed by atoms with Crippen LogP contribution in [-0.4, -0.2) is 22.8 Å². The van der Waals surface area contributed by atoms with Gasteiger partial charge in [-0.2, -0.15) is 0 Å². The molecular weight excluding hydrogens is 240 g/mol. The number of rotatable bonds is 7. The molecule has 0 atom stereocenters. The first kappa shape index (κ1) is 12.9. The minimum atomic E-state index is 0.573. The molecule has 0 aromatic carbocycles. The van der Waals surface area contributed by atoms with E-state index >= 15 is 0 Å². The van der Waals surface area contributed by atoms with E-state index in [0.717, 1.165) is 12.5 Å². The second-order valence-corrected chi connectivity index (χ2v) is 5.88. The van der Waals surface area contributed by atoms with Gasteiger partial charge in [0.25, 0.3) is 0 Å². The van der Waals surface area contributed by atoms with Gasteiger partial charge in [-0.3, -0.25) is 0 Å². The molecule has 0 bridgehead atoms. The molecule has 2 aliphatic carbocycles. The summed E-state index contributed by atoms with van der Waals surface area (Å²) in [4.78, 5) is 0. The summed E-state index contributed by atoms with van der Waals surface area (Å²) in [6.45, 7) is 1.64. The Labute approximate surface area is 114 Å². The van der Waals surface area contributed by atoms with Gasteiger partial charge in [-0.25, -0.2) is 0 Å². The molecule has 2 saturated carbocycles. The van der Waals surface area contributed by atoms with Crippen molar-refractivity contribution in [2.75, 3.05) is 11.9 Å². The predicted octanol–water partition coefficient (Wildman–Crippen LogP) is 2.70. The zero-order chi connectivity index (χ0) is 12.9. The van der Waals surface area contributed by atoms with E-state index in [9.17, 15) is 0 Å². The van der Waals surface area contributed by atoms with Crippen molar-refractivity contribution in [3.8, 4) is 0 Å². The standard InChI is InChI=1S/C14H24N4O/c1-2-4-11(5-3-1)8-9-15-14-18-17-13(19-14)10-16-12-6-7-12/h11-12,16H,1-10H2,(H,15,18). The first-order valence-corrected chi connectivity index (χ1v) is 7.70. The minimum absolute atomic E-state index is 0.573. The van der Waals surface area contributed by atoms with Crippen molar-refractivity contribution in [2.45, 2.75) is 64.0 Å². The van der Waals surface area contributed by atoms with Crippen LogP contribution in [0.4, 0.5) is 6.01 Å². The first-order chi connectivity index (χ1) is 9.40. The van der Waals surface area contributed by atoms with Gasteiger partial charge in [-0.05, 0) is 25.2 Å². The molecule has 19 heavy (non-hydrogen) atoms. The molecule has 3 rings (SSSR count). The van der Waals surface area contributed by atoms with Gasteiger partial charge in [0.05, 0.1) is 6.54 Å². The molecule has 0 amide bonds. The Morgan fingerprint density at radius 2 is 1.89 bits per heavy atom. The van der Waals surface area contributed by atoms with Crippen molar-refractivity contribution in [1.29, 1.82) is 0 Å². The molecule has 0 saturated heterocycles. The third-order valence-corrected chi connectivity index (χ3v) is 4.14. The molecule has 0 aliphatic heterocycles. The van der Waals surface area contributed by atoms with E-state index in [1.165, 1.54) is 51.4 Å². The van der Waals surface area contributed by atoms with Gasteiger partial charge in [0.15, 0.2) is 0 Å². The molecular formula is C14H24N4O. The van der Waals surface area contributed by atoms with Gasteiger partial charge in [0.2, 0.25) is 5.89 Å². The normalized spacial score (nSPS) is 20.6. The van der Waals surface area contributed by atoms with Crippen molar-refractivity contribution in [3.05, 3.63) is 5.89 Å². The number of nitrogens with zero attached hydrogens (tertiary/aromatic N) is 2. The van der Waals surface area contributed by atoms with E-state index in [4.69, 9.17) is 4.42 Å². The highest BCUT2D eigenvalue weighted by atomic mass is 16.4. The molecule has 2 N–H and O–H groups in total. The number of hydrogen-bond donors (Lipinski definition) is 2. The summed E-state index contributed by atoms with van der Waals surface area (Å²) in [5, 5.41) is 14.7. The fourth-order valence-corrected chi connectivity index (χ4v) is 2.77. The van der Waals surface area contributed by atoms with Gasteiger partial charge in [-0.1, -0.05) is 37.2 Å². The van der Waals surface area contributed by atoms with Crippen molar-refractivity contribution < 1.29 is 4.42 Å². The van der Waals surface area contributed by atoms with Crippen molar-refractivity contribution in [1.82, 2.24) is 15.5 Å². The van der Waals surface area contributed by atoms with Gasteiger partial charge >= 0.3 is 6.01 Å². The molecule has 0 spiro atoms. The summed E-state index contributed by atoms with van der Waals surface area (Å²) in [5.74, 6) is 1.58. The Balaban J connectivity index is 1.34. The largest absolute Gasteiger partial charge is 0.407 e. The van der Waals surface area contributed by atoms with Crippen molar-refractivity contribution in [3.63, 3.8) is 0 Å². The molecule has 1 heterocycles. The van der Waals surface area contributed by atoms with E-state index < -0.39 is 0 Å². The molecule has 0 unspecified atom stereocenters. The van der Waals surface area contributed by atoms with Gasteiger partial charge in [0, 0.05) is 12.6 Å². The second-order valence-electron chi connectivity index (χ2n) is 5.88. The lowest BCUT2D eigenvalue weighted by molar-refractivity contribution is 0.344. The Bertz CT molecular complexity index is 383. The van der Waals surface area contributed by atoms with E-state index in [-0.39, 0.29) is 0 Å². The van der Waals surface area contributed by atoms with E-state index in [0.29, 0.717) is 24.5 Å². The van der Waals surface area contributed by atoms with E-state index in [1.807, 2.05) is 0 Å². The molecule has 5 nitrogen and oxygen atoms in total. The minimum Gasteiger partial charge on any atom is -0.407 e. The Kier molecular flexibility index (Phi) is 4.33. The number of nitrogens with one attached hydrogen (secondary N) is 2. The van der Waals surface area contributed by atoms with Crippen LogP contribution in [0.5, 0.6) is 0 Å². The maximum atomic E-state index is 5.56. The highest BCUT2D eigenvalue weighted by Crippen LogP contribution is 2.26. The molecule has 1 aromatic rings. The van der Waals surface area contributed by atoms with Crippen LogP contribution in [0, 0.1) is 5.92 Å². The van der Waals surface area contributed by atoms with Gasteiger partial charge in [-0.15, -0.1) is 5.10 Å².